The first kappa shape index (κ1) is 25.9. The first-order valence-electron chi connectivity index (χ1n) is 12.0. The Balaban J connectivity index is 1.49. The summed E-state index contributed by atoms with van der Waals surface area (Å²) in [5.74, 6) is -2.32. The zero-order valence-electron chi connectivity index (χ0n) is 21.0. The molecule has 1 aliphatic heterocycles. The molecule has 2 amide bonds. The first-order valence-corrected chi connectivity index (χ1v) is 12.4. The average Bonchev–Trinajstić information content (AvgIpc) is 3.21. The molecule has 0 bridgehead atoms. The number of ketones is 1. The minimum atomic E-state index is -1.24. The van der Waals surface area contributed by atoms with Crippen LogP contribution in [-0.4, -0.2) is 30.7 Å². The van der Waals surface area contributed by atoms with E-state index in [1.54, 1.807) is 78.9 Å². The number of rotatable bonds is 7. The summed E-state index contributed by atoms with van der Waals surface area (Å²) in [6, 6.07) is 24.7. The fourth-order valence-electron chi connectivity index (χ4n) is 4.39. The maximum absolute atomic E-state index is 13.4. The predicted molar refractivity (Wildman–Crippen MR) is 146 cm³/mol. The molecule has 0 saturated carbocycles. The van der Waals surface area contributed by atoms with Crippen LogP contribution in [0.25, 0.3) is 0 Å². The summed E-state index contributed by atoms with van der Waals surface area (Å²) in [5.41, 5.74) is 2.35. The number of carbonyl (C=O) groups is 4. The molecule has 8 heteroatoms. The van der Waals surface area contributed by atoms with Gasteiger partial charge in [-0.2, -0.15) is 0 Å². The molecule has 0 fully saturated rings. The van der Waals surface area contributed by atoms with Gasteiger partial charge in [0.25, 0.3) is 11.8 Å². The van der Waals surface area contributed by atoms with E-state index in [0.29, 0.717) is 11.1 Å². The lowest BCUT2D eigenvalue weighted by molar-refractivity contribution is 0.0277. The van der Waals surface area contributed by atoms with Crippen molar-refractivity contribution in [3.8, 4) is 5.75 Å². The molecule has 0 N–H and O–H groups in total. The smallest absolute Gasteiger partial charge is 0.343 e. The average molecular weight is 540 g/mol. The lowest BCUT2D eigenvalue weighted by Crippen LogP contribution is -2.30. The van der Waals surface area contributed by atoms with Gasteiger partial charge in [0.15, 0.2) is 6.10 Å². The van der Waals surface area contributed by atoms with Crippen molar-refractivity contribution < 1.29 is 28.7 Å². The molecular formula is C31H22ClNO6. The van der Waals surface area contributed by atoms with E-state index in [9.17, 15) is 19.2 Å². The molecule has 4 aromatic rings. The summed E-state index contributed by atoms with van der Waals surface area (Å²) in [4.78, 5) is 53.8. The second-order valence-corrected chi connectivity index (χ2v) is 9.33. The minimum absolute atomic E-state index is 0.0190. The molecule has 39 heavy (non-hydrogen) atoms. The summed E-state index contributed by atoms with van der Waals surface area (Å²) >= 11 is 6.51. The van der Waals surface area contributed by atoms with E-state index in [1.165, 1.54) is 19.2 Å². The molecule has 0 radical (unpaired) electrons. The van der Waals surface area contributed by atoms with E-state index in [1.807, 2.05) is 6.92 Å². The molecule has 1 atom stereocenters. The normalized spacial score (nSPS) is 13.2. The van der Waals surface area contributed by atoms with E-state index in [-0.39, 0.29) is 33.1 Å². The number of hydrogen-bond acceptors (Lipinski definition) is 6. The highest BCUT2D eigenvalue weighted by Gasteiger charge is 2.38. The van der Waals surface area contributed by atoms with E-state index in [0.717, 1.165) is 10.5 Å². The van der Waals surface area contributed by atoms with Gasteiger partial charge in [-0.15, -0.1) is 0 Å². The molecule has 1 heterocycles. The third-order valence-corrected chi connectivity index (χ3v) is 6.73. The van der Waals surface area contributed by atoms with Crippen LogP contribution in [0.15, 0.2) is 91.0 Å². The zero-order valence-corrected chi connectivity index (χ0v) is 21.8. The van der Waals surface area contributed by atoms with Crippen LogP contribution in [0.2, 0.25) is 5.02 Å². The molecule has 5 rings (SSSR count). The van der Waals surface area contributed by atoms with E-state index in [4.69, 9.17) is 21.1 Å². The molecule has 0 aliphatic carbocycles. The Hall–Kier alpha value is -4.75. The van der Waals surface area contributed by atoms with Gasteiger partial charge < -0.3 is 9.47 Å². The van der Waals surface area contributed by atoms with Crippen LogP contribution in [0, 0.1) is 6.92 Å². The molecule has 4 aromatic carbocycles. The van der Waals surface area contributed by atoms with Crippen LogP contribution >= 0.6 is 11.6 Å². The maximum atomic E-state index is 13.4. The Labute approximate surface area is 229 Å². The molecule has 0 aromatic heterocycles. The maximum Gasteiger partial charge on any atom is 0.343 e. The van der Waals surface area contributed by atoms with Crippen LogP contribution < -0.4 is 9.64 Å². The number of carbonyl (C=O) groups excluding carboxylic acids is 4. The van der Waals surface area contributed by atoms with Crippen molar-refractivity contribution in [2.24, 2.45) is 0 Å². The molecule has 194 valence electrons. The number of ether oxygens (including phenoxy) is 2. The number of benzene rings is 4. The number of halogens is 1. The first-order chi connectivity index (χ1) is 18.8. The lowest BCUT2D eigenvalue weighted by Gasteiger charge is -2.20. The van der Waals surface area contributed by atoms with E-state index < -0.39 is 29.7 Å². The number of nitrogens with zero attached hydrogens (tertiary/aromatic N) is 1. The summed E-state index contributed by atoms with van der Waals surface area (Å²) in [5, 5.41) is -0.0432. The van der Waals surface area contributed by atoms with Crippen molar-refractivity contribution in [3.63, 3.8) is 0 Å². The van der Waals surface area contributed by atoms with Gasteiger partial charge in [-0.05, 0) is 25.1 Å². The SMILES string of the molecule is COc1cc(N2C(=O)c3ccccc3C2=O)c(Cl)cc1C(=O)O[C@@H](C(=O)c1ccc(C)cc1)c1ccccc1. The van der Waals surface area contributed by atoms with Crippen molar-refractivity contribution in [2.45, 2.75) is 13.0 Å². The summed E-state index contributed by atoms with van der Waals surface area (Å²) in [6.07, 6.45) is -1.24. The highest BCUT2D eigenvalue weighted by molar-refractivity contribution is 6.40. The highest BCUT2D eigenvalue weighted by Crippen LogP contribution is 2.38. The Morgan fingerprint density at radius 1 is 0.821 bits per heavy atom. The number of anilines is 1. The second-order valence-electron chi connectivity index (χ2n) is 8.92. The number of methoxy groups -OCH3 is 1. The lowest BCUT2D eigenvalue weighted by atomic mass is 9.99. The van der Waals surface area contributed by atoms with Crippen molar-refractivity contribution in [2.75, 3.05) is 12.0 Å². The number of fused-ring (bicyclic) bond motifs is 1. The van der Waals surface area contributed by atoms with Gasteiger partial charge in [0, 0.05) is 17.2 Å². The Morgan fingerprint density at radius 3 is 2.00 bits per heavy atom. The quantitative estimate of drug-likeness (QED) is 0.157. The van der Waals surface area contributed by atoms with Gasteiger partial charge in [0.2, 0.25) is 5.78 Å². The minimum Gasteiger partial charge on any atom is -0.496 e. The number of imide groups is 1. The number of Topliss-reactive ketones (excluding diaryl/α,β-unsaturated/α-hetero) is 1. The zero-order chi connectivity index (χ0) is 27.7. The molecule has 1 aliphatic rings. The Kier molecular flexibility index (Phi) is 7.00. The van der Waals surface area contributed by atoms with Crippen LogP contribution in [0.1, 0.15) is 58.7 Å². The van der Waals surface area contributed by atoms with Crippen molar-refractivity contribution in [1.29, 1.82) is 0 Å². The Morgan fingerprint density at radius 2 is 1.41 bits per heavy atom. The monoisotopic (exact) mass is 539 g/mol. The summed E-state index contributed by atoms with van der Waals surface area (Å²) in [7, 11) is 1.33. The number of hydrogen-bond donors (Lipinski definition) is 0. The number of amides is 2. The van der Waals surface area contributed by atoms with Gasteiger partial charge in [0.05, 0.1) is 28.9 Å². The third kappa shape index (κ3) is 4.80. The third-order valence-electron chi connectivity index (χ3n) is 6.43. The fourth-order valence-corrected chi connectivity index (χ4v) is 4.64. The van der Waals surface area contributed by atoms with Gasteiger partial charge in [0.1, 0.15) is 11.3 Å². The van der Waals surface area contributed by atoms with E-state index >= 15 is 0 Å². The van der Waals surface area contributed by atoms with Gasteiger partial charge in [-0.1, -0.05) is 83.9 Å². The van der Waals surface area contributed by atoms with Gasteiger partial charge in [-0.25, -0.2) is 9.69 Å². The van der Waals surface area contributed by atoms with Crippen LogP contribution in [0.5, 0.6) is 5.75 Å². The largest absolute Gasteiger partial charge is 0.496 e. The van der Waals surface area contributed by atoms with Crippen molar-refractivity contribution in [3.05, 3.63) is 129 Å². The van der Waals surface area contributed by atoms with Gasteiger partial charge in [-0.3, -0.25) is 14.4 Å². The molecule has 7 nitrogen and oxygen atoms in total. The second kappa shape index (κ2) is 10.6. The fraction of sp³-hybridized carbons (Fsp3) is 0.0968. The number of aryl methyl sites for hydroxylation is 1. The molecular weight excluding hydrogens is 518 g/mol. The molecule has 0 spiro atoms. The Bertz CT molecular complexity index is 1580. The summed E-state index contributed by atoms with van der Waals surface area (Å²) < 4.78 is 11.2. The van der Waals surface area contributed by atoms with Crippen molar-refractivity contribution in [1.82, 2.24) is 0 Å². The topological polar surface area (TPSA) is 90.0 Å². The molecule has 0 unspecified atom stereocenters. The van der Waals surface area contributed by atoms with E-state index in [2.05, 4.69) is 0 Å². The standard InChI is InChI=1S/C31H22ClNO6/c1-18-12-14-19(15-13-18)27(34)28(20-8-4-3-5-9-20)39-31(37)23-16-24(32)25(17-26(23)38-2)33-29(35)21-10-6-7-11-22(21)30(33)36/h3-17,28H,1-2H3/t28-/m1/s1. The molecule has 0 saturated heterocycles. The predicted octanol–water partition coefficient (Wildman–Crippen LogP) is 6.24. The van der Waals surface area contributed by atoms with Crippen LogP contribution in [-0.2, 0) is 4.74 Å². The van der Waals surface area contributed by atoms with Crippen LogP contribution in [0.4, 0.5) is 5.69 Å². The van der Waals surface area contributed by atoms with Gasteiger partial charge >= 0.3 is 5.97 Å². The number of esters is 1. The van der Waals surface area contributed by atoms with Crippen LogP contribution in [0.3, 0.4) is 0 Å². The van der Waals surface area contributed by atoms with Crippen molar-refractivity contribution >= 4 is 40.9 Å². The summed E-state index contributed by atoms with van der Waals surface area (Å²) in [6.45, 7) is 1.91. The highest BCUT2D eigenvalue weighted by atomic mass is 35.5.